The van der Waals surface area contributed by atoms with Crippen LogP contribution in [0.25, 0.3) is 0 Å². The molecular weight excluding hydrogens is 242 g/mol. The molecule has 1 aromatic rings. The molecule has 4 nitrogen and oxygen atoms in total. The minimum absolute atomic E-state index is 0.0845. The molecule has 0 unspecified atom stereocenters. The summed E-state index contributed by atoms with van der Waals surface area (Å²) in [5.41, 5.74) is -1.12. The maximum atomic E-state index is 13.0. The van der Waals surface area contributed by atoms with Gasteiger partial charge in [-0.2, -0.15) is 4.98 Å². The van der Waals surface area contributed by atoms with Crippen molar-refractivity contribution in [1.29, 1.82) is 0 Å². The van der Waals surface area contributed by atoms with Gasteiger partial charge < -0.3 is 9.63 Å². The van der Waals surface area contributed by atoms with Crippen LogP contribution in [-0.4, -0.2) is 26.8 Å². The van der Waals surface area contributed by atoms with Gasteiger partial charge in [-0.25, -0.2) is 8.78 Å². The van der Waals surface area contributed by atoms with Crippen molar-refractivity contribution in [1.82, 2.24) is 10.1 Å². The highest BCUT2D eigenvalue weighted by atomic mass is 19.3. The zero-order chi connectivity index (χ0) is 12.8. The molecule has 0 radical (unpaired) electrons. The highest BCUT2D eigenvalue weighted by Crippen LogP contribution is 2.41. The van der Waals surface area contributed by atoms with Crippen LogP contribution in [0.2, 0.25) is 0 Å². The van der Waals surface area contributed by atoms with Gasteiger partial charge in [0.1, 0.15) is 0 Å². The smallest absolute Gasteiger partial charge is 0.248 e. The molecule has 0 bridgehead atoms. The minimum Gasteiger partial charge on any atom is -0.389 e. The van der Waals surface area contributed by atoms with Crippen LogP contribution in [0.5, 0.6) is 0 Å². The lowest BCUT2D eigenvalue weighted by atomic mass is 9.80. The molecule has 2 aliphatic carbocycles. The Morgan fingerprint density at radius 1 is 1.22 bits per heavy atom. The molecule has 100 valence electrons. The Balaban J connectivity index is 1.64. The van der Waals surface area contributed by atoms with Crippen molar-refractivity contribution in [2.45, 2.75) is 62.4 Å². The molecule has 3 rings (SSSR count). The maximum absolute atomic E-state index is 13.0. The molecule has 6 heteroatoms. The molecule has 0 saturated heterocycles. The van der Waals surface area contributed by atoms with Crippen molar-refractivity contribution in [2.24, 2.45) is 0 Å². The van der Waals surface area contributed by atoms with Gasteiger partial charge in [0.2, 0.25) is 11.8 Å². The van der Waals surface area contributed by atoms with E-state index in [1.165, 1.54) is 0 Å². The SMILES string of the molecule is OC1(Cc2nc(C3CC3)no2)CCC(F)(F)CC1. The number of aliphatic hydroxyl groups is 1. The molecule has 1 aromatic heterocycles. The number of hydrogen-bond donors (Lipinski definition) is 1. The molecule has 18 heavy (non-hydrogen) atoms. The first-order valence-electron chi connectivity index (χ1n) is 6.39. The fourth-order valence-electron chi connectivity index (χ4n) is 2.39. The van der Waals surface area contributed by atoms with Crippen molar-refractivity contribution < 1.29 is 18.4 Å². The van der Waals surface area contributed by atoms with E-state index in [0.717, 1.165) is 12.8 Å². The summed E-state index contributed by atoms with van der Waals surface area (Å²) in [4.78, 5) is 4.22. The number of aromatic nitrogens is 2. The van der Waals surface area contributed by atoms with Crippen LogP contribution in [-0.2, 0) is 6.42 Å². The summed E-state index contributed by atoms with van der Waals surface area (Å²) in [5, 5.41) is 14.1. The molecule has 0 amide bonds. The summed E-state index contributed by atoms with van der Waals surface area (Å²) in [6.07, 6.45) is 1.97. The average molecular weight is 258 g/mol. The van der Waals surface area contributed by atoms with Crippen LogP contribution >= 0.6 is 0 Å². The Morgan fingerprint density at radius 3 is 2.50 bits per heavy atom. The van der Waals surface area contributed by atoms with Crippen LogP contribution in [0.15, 0.2) is 4.52 Å². The molecule has 1 N–H and O–H groups in total. The van der Waals surface area contributed by atoms with E-state index in [-0.39, 0.29) is 32.1 Å². The summed E-state index contributed by atoms with van der Waals surface area (Å²) >= 11 is 0. The lowest BCUT2D eigenvalue weighted by Crippen LogP contribution is -2.40. The third-order valence-electron chi connectivity index (χ3n) is 3.82. The lowest BCUT2D eigenvalue weighted by Gasteiger charge is -2.34. The molecule has 0 spiro atoms. The van der Waals surface area contributed by atoms with E-state index in [9.17, 15) is 13.9 Å². The third-order valence-corrected chi connectivity index (χ3v) is 3.82. The van der Waals surface area contributed by atoms with Gasteiger partial charge in [-0.05, 0) is 25.7 Å². The molecule has 2 saturated carbocycles. The summed E-state index contributed by atoms with van der Waals surface area (Å²) in [7, 11) is 0. The first-order valence-corrected chi connectivity index (χ1v) is 6.39. The highest BCUT2D eigenvalue weighted by molar-refractivity contribution is 5.05. The van der Waals surface area contributed by atoms with E-state index < -0.39 is 11.5 Å². The molecule has 2 aliphatic rings. The van der Waals surface area contributed by atoms with Crippen molar-refractivity contribution in [3.05, 3.63) is 11.7 Å². The summed E-state index contributed by atoms with van der Waals surface area (Å²) in [6, 6.07) is 0. The fraction of sp³-hybridized carbons (Fsp3) is 0.833. The average Bonchev–Trinajstić information content (AvgIpc) is 3.06. The van der Waals surface area contributed by atoms with Crippen molar-refractivity contribution in [3.8, 4) is 0 Å². The van der Waals surface area contributed by atoms with Crippen LogP contribution in [0.4, 0.5) is 8.78 Å². The van der Waals surface area contributed by atoms with Gasteiger partial charge in [-0.15, -0.1) is 0 Å². The van der Waals surface area contributed by atoms with Gasteiger partial charge in [0.05, 0.1) is 12.0 Å². The zero-order valence-corrected chi connectivity index (χ0v) is 10.0. The van der Waals surface area contributed by atoms with Crippen molar-refractivity contribution in [3.63, 3.8) is 0 Å². The third kappa shape index (κ3) is 2.53. The van der Waals surface area contributed by atoms with Gasteiger partial charge in [0.25, 0.3) is 0 Å². The number of hydrogen-bond acceptors (Lipinski definition) is 4. The van der Waals surface area contributed by atoms with Gasteiger partial charge in [-0.3, -0.25) is 0 Å². The largest absolute Gasteiger partial charge is 0.389 e. The predicted molar refractivity (Wildman–Crippen MR) is 58.3 cm³/mol. The second-order valence-electron chi connectivity index (χ2n) is 5.58. The Kier molecular flexibility index (Phi) is 2.66. The van der Waals surface area contributed by atoms with Crippen molar-refractivity contribution >= 4 is 0 Å². The maximum Gasteiger partial charge on any atom is 0.248 e. The second kappa shape index (κ2) is 3.98. The van der Waals surface area contributed by atoms with Crippen LogP contribution < -0.4 is 0 Å². The highest BCUT2D eigenvalue weighted by Gasteiger charge is 2.43. The quantitative estimate of drug-likeness (QED) is 0.904. The molecule has 0 atom stereocenters. The fourth-order valence-corrected chi connectivity index (χ4v) is 2.39. The first-order chi connectivity index (χ1) is 8.46. The number of halogens is 2. The molecular formula is C12H16F2N2O2. The van der Waals surface area contributed by atoms with Gasteiger partial charge in [-0.1, -0.05) is 5.16 Å². The van der Waals surface area contributed by atoms with Gasteiger partial charge >= 0.3 is 0 Å². The van der Waals surface area contributed by atoms with Crippen LogP contribution in [0.1, 0.15) is 56.2 Å². The van der Waals surface area contributed by atoms with Gasteiger partial charge in [0.15, 0.2) is 5.82 Å². The lowest BCUT2D eigenvalue weighted by molar-refractivity contribution is -0.105. The van der Waals surface area contributed by atoms with E-state index in [1.807, 2.05) is 0 Å². The summed E-state index contributed by atoms with van der Waals surface area (Å²) in [5.74, 6) is -1.19. The van der Waals surface area contributed by atoms with Crippen LogP contribution in [0.3, 0.4) is 0 Å². The molecule has 1 heterocycles. The normalized spacial score (nSPS) is 26.2. The Hall–Kier alpha value is -1.04. The van der Waals surface area contributed by atoms with E-state index >= 15 is 0 Å². The topological polar surface area (TPSA) is 59.2 Å². The van der Waals surface area contributed by atoms with E-state index in [0.29, 0.717) is 17.6 Å². The summed E-state index contributed by atoms with van der Waals surface area (Å²) < 4.78 is 31.2. The Labute approximate surface area is 103 Å². The van der Waals surface area contributed by atoms with Crippen molar-refractivity contribution in [2.75, 3.05) is 0 Å². The minimum atomic E-state index is -2.64. The Bertz CT molecular complexity index is 433. The standard InChI is InChI=1S/C12H16F2N2O2/c13-12(14)5-3-11(17,4-6-12)7-9-15-10(16-18-9)8-1-2-8/h8,17H,1-7H2. The number of nitrogens with zero attached hydrogens (tertiary/aromatic N) is 2. The van der Waals surface area contributed by atoms with E-state index in [2.05, 4.69) is 10.1 Å². The zero-order valence-electron chi connectivity index (χ0n) is 10.0. The molecule has 0 aromatic carbocycles. The second-order valence-corrected chi connectivity index (χ2v) is 5.58. The molecule has 0 aliphatic heterocycles. The monoisotopic (exact) mass is 258 g/mol. The predicted octanol–water partition coefficient (Wildman–Crippen LogP) is 2.43. The summed E-state index contributed by atoms with van der Waals surface area (Å²) in [6.45, 7) is 0. The van der Waals surface area contributed by atoms with E-state index in [1.54, 1.807) is 0 Å². The Morgan fingerprint density at radius 2 is 1.89 bits per heavy atom. The molecule has 2 fully saturated rings. The first kappa shape index (κ1) is 12.0. The number of alkyl halides is 2. The number of rotatable bonds is 3. The van der Waals surface area contributed by atoms with Gasteiger partial charge in [0, 0.05) is 18.8 Å². The van der Waals surface area contributed by atoms with E-state index in [4.69, 9.17) is 4.52 Å². The van der Waals surface area contributed by atoms with Crippen LogP contribution in [0, 0.1) is 0 Å².